The molecular weight excluding hydrogens is 384 g/mol. The summed E-state index contributed by atoms with van der Waals surface area (Å²) in [5, 5.41) is 3.01. The van der Waals surface area contributed by atoms with Crippen molar-refractivity contribution in [2.24, 2.45) is 0 Å². The first-order valence-corrected chi connectivity index (χ1v) is 11.2. The Morgan fingerprint density at radius 1 is 0.903 bits per heavy atom. The number of nitrogens with one attached hydrogen (secondary N) is 1. The molecule has 2 aromatic rings. The topological polar surface area (TPSA) is 49.4 Å². The van der Waals surface area contributed by atoms with Gasteiger partial charge in [0.05, 0.1) is 0 Å². The molecule has 1 N–H and O–H groups in total. The summed E-state index contributed by atoms with van der Waals surface area (Å²) in [5.41, 5.74) is 4.28. The lowest BCUT2D eigenvalue weighted by molar-refractivity contribution is -0.141. The van der Waals surface area contributed by atoms with Gasteiger partial charge in [-0.05, 0) is 63.6 Å². The van der Waals surface area contributed by atoms with Crippen LogP contribution in [-0.2, 0) is 22.6 Å². The van der Waals surface area contributed by atoms with Gasteiger partial charge in [-0.25, -0.2) is 0 Å². The summed E-state index contributed by atoms with van der Waals surface area (Å²) < 4.78 is 0. The molecule has 2 rings (SSSR count). The normalized spacial score (nSPS) is 12.5. The maximum atomic E-state index is 13.2. The molecule has 168 valence electrons. The number of hydrogen-bond donors (Lipinski definition) is 1. The first-order valence-electron chi connectivity index (χ1n) is 11.2. The Bertz CT molecular complexity index is 862. The number of carbonyl (C=O) groups is 2. The van der Waals surface area contributed by atoms with Crippen LogP contribution in [0.1, 0.15) is 76.1 Å². The zero-order chi connectivity index (χ0) is 23.2. The van der Waals surface area contributed by atoms with Gasteiger partial charge >= 0.3 is 0 Å². The summed E-state index contributed by atoms with van der Waals surface area (Å²) in [6.45, 7) is 14.5. The fourth-order valence-corrected chi connectivity index (χ4v) is 3.41. The number of benzene rings is 2. The monoisotopic (exact) mass is 422 g/mol. The van der Waals surface area contributed by atoms with Crippen molar-refractivity contribution in [2.75, 3.05) is 0 Å². The number of nitrogens with zero attached hydrogens (tertiary/aromatic N) is 1. The van der Waals surface area contributed by atoms with Gasteiger partial charge in [-0.2, -0.15) is 0 Å². The molecule has 0 aliphatic heterocycles. The van der Waals surface area contributed by atoms with Gasteiger partial charge in [0, 0.05) is 18.5 Å². The van der Waals surface area contributed by atoms with E-state index in [9.17, 15) is 9.59 Å². The van der Waals surface area contributed by atoms with Gasteiger partial charge in [0.2, 0.25) is 11.8 Å². The van der Waals surface area contributed by atoms with E-state index in [-0.39, 0.29) is 17.4 Å². The molecule has 0 heterocycles. The van der Waals surface area contributed by atoms with E-state index in [0.29, 0.717) is 25.3 Å². The van der Waals surface area contributed by atoms with Crippen LogP contribution in [0, 0.1) is 6.92 Å². The first-order chi connectivity index (χ1) is 14.5. The van der Waals surface area contributed by atoms with Gasteiger partial charge in [-0.15, -0.1) is 0 Å². The Morgan fingerprint density at radius 2 is 1.45 bits per heavy atom. The minimum Gasteiger partial charge on any atom is -0.350 e. The number of rotatable bonds is 8. The van der Waals surface area contributed by atoms with Crippen molar-refractivity contribution in [1.29, 1.82) is 0 Å². The lowest BCUT2D eigenvalue weighted by atomic mass is 10.00. The molecule has 1 atom stereocenters. The molecule has 4 nitrogen and oxygen atoms in total. The highest BCUT2D eigenvalue weighted by molar-refractivity contribution is 5.87. The third kappa shape index (κ3) is 7.86. The molecule has 0 unspecified atom stereocenters. The predicted molar refractivity (Wildman–Crippen MR) is 128 cm³/mol. The SMILES string of the molecule is Cc1ccc(CN(C(=O)CCc2ccc(C(C)C)cc2)[C@@H](C)C(=O)NC(C)(C)C)cc1. The van der Waals surface area contributed by atoms with Gasteiger partial charge in [0.25, 0.3) is 0 Å². The van der Waals surface area contributed by atoms with Crippen molar-refractivity contribution in [3.05, 3.63) is 70.8 Å². The summed E-state index contributed by atoms with van der Waals surface area (Å²) in [6.07, 6.45) is 1.04. The van der Waals surface area contributed by atoms with E-state index in [1.807, 2.05) is 58.9 Å². The van der Waals surface area contributed by atoms with Crippen molar-refractivity contribution < 1.29 is 9.59 Å². The van der Waals surface area contributed by atoms with Crippen LogP contribution >= 0.6 is 0 Å². The second kappa shape index (κ2) is 10.6. The second-order valence-electron chi connectivity index (χ2n) is 9.82. The standard InChI is InChI=1S/C27H38N2O2/c1-19(2)24-15-12-22(13-16-24)14-17-25(30)29(18-23-10-8-20(3)9-11-23)21(4)26(31)28-27(5,6)7/h8-13,15-16,19,21H,14,17-18H2,1-7H3,(H,28,31)/t21-/m0/s1. The molecular formula is C27H38N2O2. The van der Waals surface area contributed by atoms with E-state index >= 15 is 0 Å². The van der Waals surface area contributed by atoms with Crippen LogP contribution in [0.25, 0.3) is 0 Å². The molecule has 2 aromatic carbocycles. The zero-order valence-electron chi connectivity index (χ0n) is 20.2. The summed E-state index contributed by atoms with van der Waals surface area (Å²) in [4.78, 5) is 27.7. The van der Waals surface area contributed by atoms with Crippen molar-refractivity contribution in [3.8, 4) is 0 Å². The molecule has 0 fully saturated rings. The maximum absolute atomic E-state index is 13.2. The average molecular weight is 423 g/mol. The van der Waals surface area contributed by atoms with Gasteiger partial charge < -0.3 is 10.2 Å². The number of amides is 2. The largest absolute Gasteiger partial charge is 0.350 e. The minimum atomic E-state index is -0.545. The van der Waals surface area contributed by atoms with Crippen molar-refractivity contribution in [1.82, 2.24) is 10.2 Å². The van der Waals surface area contributed by atoms with Crippen molar-refractivity contribution in [3.63, 3.8) is 0 Å². The van der Waals surface area contributed by atoms with E-state index in [0.717, 1.165) is 11.1 Å². The molecule has 31 heavy (non-hydrogen) atoms. The predicted octanol–water partition coefficient (Wildman–Crippen LogP) is 5.38. The highest BCUT2D eigenvalue weighted by atomic mass is 16.2. The van der Waals surface area contributed by atoms with Crippen LogP contribution in [0.15, 0.2) is 48.5 Å². The molecule has 2 amide bonds. The van der Waals surface area contributed by atoms with Crippen molar-refractivity contribution >= 4 is 11.8 Å². The quantitative estimate of drug-likeness (QED) is 0.621. The minimum absolute atomic E-state index is 0.00919. The van der Waals surface area contributed by atoms with Gasteiger partial charge in [0.1, 0.15) is 6.04 Å². The van der Waals surface area contributed by atoms with Crippen molar-refractivity contribution in [2.45, 2.75) is 85.4 Å². The fourth-order valence-electron chi connectivity index (χ4n) is 3.41. The Morgan fingerprint density at radius 3 is 1.97 bits per heavy atom. The third-order valence-corrected chi connectivity index (χ3v) is 5.41. The second-order valence-corrected chi connectivity index (χ2v) is 9.82. The Kier molecular flexibility index (Phi) is 8.43. The van der Waals surface area contributed by atoms with Crippen LogP contribution in [0.5, 0.6) is 0 Å². The molecule has 0 aliphatic carbocycles. The van der Waals surface area contributed by atoms with Crippen LogP contribution < -0.4 is 5.32 Å². The summed E-state index contributed by atoms with van der Waals surface area (Å²) in [5.74, 6) is 0.349. The lowest BCUT2D eigenvalue weighted by Crippen LogP contribution is -2.52. The summed E-state index contributed by atoms with van der Waals surface area (Å²) in [6, 6.07) is 16.0. The molecule has 0 saturated heterocycles. The first kappa shape index (κ1) is 24.6. The van der Waals surface area contributed by atoms with E-state index < -0.39 is 6.04 Å². The van der Waals surface area contributed by atoms with Gasteiger partial charge in [0.15, 0.2) is 0 Å². The van der Waals surface area contributed by atoms with Crippen LogP contribution in [0.3, 0.4) is 0 Å². The Labute approximate surface area is 188 Å². The van der Waals surface area contributed by atoms with Crippen LogP contribution in [0.4, 0.5) is 0 Å². The van der Waals surface area contributed by atoms with Crippen LogP contribution in [0.2, 0.25) is 0 Å². The zero-order valence-corrected chi connectivity index (χ0v) is 20.2. The molecule has 0 saturated carbocycles. The fraction of sp³-hybridized carbons (Fsp3) is 0.481. The van der Waals surface area contributed by atoms with E-state index in [1.54, 1.807) is 4.90 Å². The van der Waals surface area contributed by atoms with Gasteiger partial charge in [-0.3, -0.25) is 9.59 Å². The number of hydrogen-bond acceptors (Lipinski definition) is 2. The van der Waals surface area contributed by atoms with E-state index in [1.165, 1.54) is 11.1 Å². The van der Waals surface area contributed by atoms with E-state index in [4.69, 9.17) is 0 Å². The molecule has 0 aliphatic rings. The lowest BCUT2D eigenvalue weighted by Gasteiger charge is -2.31. The molecule has 0 aromatic heterocycles. The molecule has 0 radical (unpaired) electrons. The Hall–Kier alpha value is -2.62. The maximum Gasteiger partial charge on any atom is 0.242 e. The Balaban J connectivity index is 2.14. The highest BCUT2D eigenvalue weighted by Crippen LogP contribution is 2.17. The van der Waals surface area contributed by atoms with Gasteiger partial charge in [-0.1, -0.05) is 67.9 Å². The number of aryl methyl sites for hydroxylation is 2. The highest BCUT2D eigenvalue weighted by Gasteiger charge is 2.28. The molecule has 0 bridgehead atoms. The third-order valence-electron chi connectivity index (χ3n) is 5.41. The van der Waals surface area contributed by atoms with Crippen LogP contribution in [-0.4, -0.2) is 28.3 Å². The molecule has 4 heteroatoms. The average Bonchev–Trinajstić information content (AvgIpc) is 2.70. The van der Waals surface area contributed by atoms with E-state index in [2.05, 4.69) is 43.4 Å². The molecule has 0 spiro atoms. The smallest absolute Gasteiger partial charge is 0.242 e. The summed E-state index contributed by atoms with van der Waals surface area (Å²) in [7, 11) is 0. The number of carbonyl (C=O) groups excluding carboxylic acids is 2. The summed E-state index contributed by atoms with van der Waals surface area (Å²) >= 11 is 0.